The van der Waals surface area contributed by atoms with Gasteiger partial charge in [0.15, 0.2) is 5.28 Å². The maximum Gasteiger partial charge on any atom is 0.351 e. The summed E-state index contributed by atoms with van der Waals surface area (Å²) in [5.74, 6) is 0. The summed E-state index contributed by atoms with van der Waals surface area (Å²) in [5.41, 5.74) is 0.333. The Morgan fingerprint density at radius 2 is 1.55 bits per heavy atom. The minimum atomic E-state index is -5.05. The van der Waals surface area contributed by atoms with Crippen LogP contribution in [0.25, 0.3) is 10.8 Å². The lowest BCUT2D eigenvalue weighted by Crippen LogP contribution is -2.51. The lowest BCUT2D eigenvalue weighted by atomic mass is 10.0. The van der Waals surface area contributed by atoms with E-state index in [-0.39, 0.29) is 33.5 Å². The molecule has 3 rings (SSSR count). The van der Waals surface area contributed by atoms with Crippen LogP contribution in [0.4, 0.5) is 5.69 Å². The average molecular weight is 527 g/mol. The molecule has 174 valence electrons. The minimum Gasteiger partial charge on any atom is -0.323 e. The largest absolute Gasteiger partial charge is 0.351 e. The van der Waals surface area contributed by atoms with Gasteiger partial charge in [-0.2, -0.15) is 5.26 Å². The van der Waals surface area contributed by atoms with Crippen LogP contribution in [0.3, 0.4) is 0 Å². The first-order chi connectivity index (χ1) is 15.4. The Kier molecular flexibility index (Phi) is 7.16. The van der Waals surface area contributed by atoms with Gasteiger partial charge in [0, 0.05) is 20.8 Å². The van der Waals surface area contributed by atoms with Crippen LogP contribution in [0.2, 0.25) is 10.0 Å². The molecule has 0 atom stereocenters. The smallest absolute Gasteiger partial charge is 0.323 e. The lowest BCUT2D eigenvalue weighted by Gasteiger charge is -2.43. The van der Waals surface area contributed by atoms with Crippen molar-refractivity contribution >= 4 is 57.3 Å². The van der Waals surface area contributed by atoms with Gasteiger partial charge in [-0.3, -0.25) is 4.57 Å². The number of benzene rings is 3. The monoisotopic (exact) mass is 526 g/mol. The molecular formula is C22H21Cl2N2O5PS. The molecular weight excluding hydrogens is 506 g/mol. The summed E-state index contributed by atoms with van der Waals surface area (Å²) in [6.07, 6.45) is -0.370. The fourth-order valence-corrected chi connectivity index (χ4v) is 8.35. The summed E-state index contributed by atoms with van der Waals surface area (Å²) in [6.45, 7) is 3.03. The third-order valence-electron chi connectivity index (χ3n) is 5.67. The predicted molar refractivity (Wildman–Crippen MR) is 130 cm³/mol. The average Bonchev–Trinajstić information content (AvgIpc) is 2.75. The number of hydrogen-bond donors (Lipinski definition) is 2. The topological polar surface area (TPSA) is 119 Å². The number of sulfonamides is 1. The van der Waals surface area contributed by atoms with Gasteiger partial charge in [0.25, 0.3) is 10.0 Å². The second-order valence-corrected chi connectivity index (χ2v) is 12.0. The molecule has 0 bridgehead atoms. The Hall–Kier alpha value is -2.11. The molecule has 0 saturated heterocycles. The quantitative estimate of drug-likeness (QED) is 0.369. The fourth-order valence-electron chi connectivity index (χ4n) is 4.00. The molecule has 0 aromatic heterocycles. The summed E-state index contributed by atoms with van der Waals surface area (Å²) >= 11 is 12.1. The van der Waals surface area contributed by atoms with Crippen LogP contribution in [-0.2, 0) is 14.6 Å². The Balaban J connectivity index is 2.51. The molecule has 3 aromatic carbocycles. The van der Waals surface area contributed by atoms with Crippen LogP contribution < -0.4 is 4.31 Å². The molecule has 0 unspecified atom stereocenters. The van der Waals surface area contributed by atoms with Crippen molar-refractivity contribution in [2.45, 2.75) is 36.9 Å². The molecule has 0 spiro atoms. The van der Waals surface area contributed by atoms with Gasteiger partial charge in [0.05, 0.1) is 22.2 Å². The van der Waals surface area contributed by atoms with E-state index in [9.17, 15) is 28.0 Å². The number of nitrogens with zero attached hydrogens (tertiary/aromatic N) is 2. The third kappa shape index (κ3) is 4.38. The first-order valence-corrected chi connectivity index (χ1v) is 13.7. The zero-order chi connectivity index (χ0) is 24.6. The van der Waals surface area contributed by atoms with E-state index < -0.39 is 22.9 Å². The lowest BCUT2D eigenvalue weighted by molar-refractivity contribution is 0.317. The SMILES string of the molecule is CCC(CC)(N(c1cccc2c(C#N)cccc12)S(=O)(=O)c1cc(Cl)cc(Cl)c1)P(=O)(O)O. The number of halogens is 2. The van der Waals surface area contributed by atoms with Gasteiger partial charge in [-0.25, -0.2) is 12.7 Å². The second-order valence-electron chi connectivity index (χ2n) is 7.40. The maximum atomic E-state index is 14.0. The van der Waals surface area contributed by atoms with Crippen molar-refractivity contribution in [1.29, 1.82) is 5.26 Å². The molecule has 3 aromatic rings. The van der Waals surface area contributed by atoms with Crippen molar-refractivity contribution in [3.63, 3.8) is 0 Å². The van der Waals surface area contributed by atoms with Crippen LogP contribution in [-0.4, -0.2) is 23.5 Å². The molecule has 0 fully saturated rings. The summed E-state index contributed by atoms with van der Waals surface area (Å²) in [6, 6.07) is 15.2. The summed E-state index contributed by atoms with van der Waals surface area (Å²) in [7, 11) is -9.64. The van der Waals surface area contributed by atoms with Crippen LogP contribution >= 0.6 is 30.8 Å². The molecule has 0 amide bonds. The first-order valence-electron chi connectivity index (χ1n) is 9.92. The molecule has 0 aliphatic carbocycles. The van der Waals surface area contributed by atoms with Crippen molar-refractivity contribution in [2.75, 3.05) is 4.31 Å². The van der Waals surface area contributed by atoms with Gasteiger partial charge in [-0.1, -0.05) is 61.3 Å². The molecule has 7 nitrogen and oxygen atoms in total. The highest BCUT2D eigenvalue weighted by atomic mass is 35.5. The number of hydrogen-bond acceptors (Lipinski definition) is 4. The molecule has 33 heavy (non-hydrogen) atoms. The second kappa shape index (κ2) is 9.27. The van der Waals surface area contributed by atoms with E-state index in [0.29, 0.717) is 16.3 Å². The van der Waals surface area contributed by atoms with E-state index >= 15 is 0 Å². The van der Waals surface area contributed by atoms with Gasteiger partial charge in [-0.05, 0) is 43.2 Å². The Morgan fingerprint density at radius 3 is 2.06 bits per heavy atom. The highest BCUT2D eigenvalue weighted by Crippen LogP contribution is 2.59. The normalized spacial score (nSPS) is 12.5. The fraction of sp³-hybridized carbons (Fsp3) is 0.227. The zero-order valence-corrected chi connectivity index (χ0v) is 21.0. The molecule has 11 heteroatoms. The van der Waals surface area contributed by atoms with Gasteiger partial charge in [0.1, 0.15) is 0 Å². The van der Waals surface area contributed by atoms with E-state index in [2.05, 4.69) is 6.07 Å². The van der Waals surface area contributed by atoms with Crippen molar-refractivity contribution < 1.29 is 22.8 Å². The molecule has 0 radical (unpaired) electrons. The number of rotatable bonds is 7. The number of fused-ring (bicyclic) bond motifs is 1. The maximum absolute atomic E-state index is 14.0. The predicted octanol–water partition coefficient (Wildman–Crippen LogP) is 5.91. The van der Waals surface area contributed by atoms with Gasteiger partial charge < -0.3 is 9.79 Å². The third-order valence-corrected chi connectivity index (χ3v) is 10.0. The van der Waals surface area contributed by atoms with Crippen molar-refractivity contribution in [2.24, 2.45) is 0 Å². The summed E-state index contributed by atoms with van der Waals surface area (Å²) in [4.78, 5) is 20.6. The summed E-state index contributed by atoms with van der Waals surface area (Å²) in [5, 5.41) is 8.33. The van der Waals surface area contributed by atoms with Gasteiger partial charge >= 0.3 is 7.60 Å². The van der Waals surface area contributed by atoms with Crippen LogP contribution in [0.5, 0.6) is 0 Å². The highest BCUT2D eigenvalue weighted by molar-refractivity contribution is 7.93. The van der Waals surface area contributed by atoms with Gasteiger partial charge in [-0.15, -0.1) is 0 Å². The van der Waals surface area contributed by atoms with Gasteiger partial charge in [0.2, 0.25) is 0 Å². The Morgan fingerprint density at radius 1 is 1.00 bits per heavy atom. The standard InChI is InChI=1S/C22H21Cl2N2O5PS/c1-3-22(4-2,32(27,28)29)26(33(30,31)18-12-16(23)11-17(24)13-18)21-10-6-8-19-15(14-25)7-5-9-20(19)21/h5-13H,3-4H2,1-2H3,(H2,27,28,29). The molecule has 0 heterocycles. The van der Waals surface area contributed by atoms with Crippen molar-refractivity contribution in [1.82, 2.24) is 0 Å². The molecule has 0 saturated carbocycles. The molecule has 0 aliphatic heterocycles. The van der Waals surface area contributed by atoms with E-state index in [1.54, 1.807) is 30.3 Å². The minimum absolute atomic E-state index is 0.0349. The van der Waals surface area contributed by atoms with Crippen LogP contribution in [0.15, 0.2) is 59.5 Å². The summed E-state index contributed by atoms with van der Waals surface area (Å²) < 4.78 is 41.8. The van der Waals surface area contributed by atoms with E-state index in [0.717, 1.165) is 4.31 Å². The molecule has 0 aliphatic rings. The van der Waals surface area contributed by atoms with E-state index in [1.165, 1.54) is 38.1 Å². The first kappa shape index (κ1) is 25.5. The Labute approximate surface area is 202 Å². The van der Waals surface area contributed by atoms with E-state index in [4.69, 9.17) is 23.2 Å². The number of anilines is 1. The van der Waals surface area contributed by atoms with Crippen LogP contribution in [0, 0.1) is 11.3 Å². The van der Waals surface area contributed by atoms with Crippen LogP contribution in [0.1, 0.15) is 32.3 Å². The molecule has 2 N–H and O–H groups in total. The number of nitriles is 1. The highest BCUT2D eigenvalue weighted by Gasteiger charge is 2.54. The zero-order valence-electron chi connectivity index (χ0n) is 17.7. The van der Waals surface area contributed by atoms with E-state index in [1.807, 2.05) is 0 Å². The van der Waals surface area contributed by atoms with Crippen molar-refractivity contribution in [3.05, 3.63) is 70.2 Å². The van der Waals surface area contributed by atoms with Crippen molar-refractivity contribution in [3.8, 4) is 6.07 Å². The Bertz CT molecular complexity index is 1390.